The Kier molecular flexibility index (Phi) is 4.45. The maximum Gasteiger partial charge on any atom is 0.0348 e. The number of hydrogen-bond acceptors (Lipinski definition) is 1. The van der Waals surface area contributed by atoms with Crippen molar-refractivity contribution in [1.29, 1.82) is 0 Å². The number of nitrogens with one attached hydrogen (secondary N) is 1. The molecule has 0 saturated heterocycles. The Morgan fingerprint density at radius 3 is 2.11 bits per heavy atom. The second kappa shape index (κ2) is 5.88. The summed E-state index contributed by atoms with van der Waals surface area (Å²) in [6, 6.07) is 9.76. The van der Waals surface area contributed by atoms with Crippen LogP contribution in [0.1, 0.15) is 63.1 Å². The average Bonchev–Trinajstić information content (AvgIpc) is 2.78. The van der Waals surface area contributed by atoms with E-state index < -0.39 is 0 Å². The van der Waals surface area contributed by atoms with Gasteiger partial charge in [-0.2, -0.15) is 0 Å². The molecule has 1 nitrogen and oxygen atoms in total. The van der Waals surface area contributed by atoms with Crippen molar-refractivity contribution in [1.82, 2.24) is 5.32 Å². The van der Waals surface area contributed by atoms with Crippen molar-refractivity contribution in [3.8, 4) is 0 Å². The molecule has 0 amide bonds. The molecular weight excluding hydrogens is 218 g/mol. The molecule has 1 N–H and O–H groups in total. The topological polar surface area (TPSA) is 12.0 Å². The van der Waals surface area contributed by atoms with E-state index in [1.165, 1.54) is 30.4 Å². The van der Waals surface area contributed by atoms with Crippen molar-refractivity contribution in [3.63, 3.8) is 0 Å². The Balaban J connectivity index is 2.17. The van der Waals surface area contributed by atoms with Crippen molar-refractivity contribution in [2.24, 2.45) is 11.8 Å². The van der Waals surface area contributed by atoms with Crippen LogP contribution in [0, 0.1) is 11.8 Å². The summed E-state index contributed by atoms with van der Waals surface area (Å²) in [5.41, 5.74) is 2.90. The molecule has 3 atom stereocenters. The predicted molar refractivity (Wildman–Crippen MR) is 78.8 cm³/mol. The molecule has 1 fully saturated rings. The van der Waals surface area contributed by atoms with Gasteiger partial charge in [0, 0.05) is 6.04 Å². The van der Waals surface area contributed by atoms with Crippen LogP contribution in [0.4, 0.5) is 0 Å². The third kappa shape index (κ3) is 2.77. The zero-order valence-corrected chi connectivity index (χ0v) is 12.2. The Bertz CT molecular complexity index is 366. The lowest BCUT2D eigenvalue weighted by Gasteiger charge is -2.27. The van der Waals surface area contributed by atoms with E-state index >= 15 is 0 Å². The van der Waals surface area contributed by atoms with Gasteiger partial charge in [-0.3, -0.25) is 0 Å². The predicted octanol–water partition coefficient (Wildman–Crippen LogP) is 4.51. The number of benzene rings is 1. The van der Waals surface area contributed by atoms with Gasteiger partial charge in [-0.1, -0.05) is 57.9 Å². The highest BCUT2D eigenvalue weighted by molar-refractivity contribution is 5.27. The third-order valence-electron chi connectivity index (χ3n) is 4.63. The summed E-state index contributed by atoms with van der Waals surface area (Å²) in [6.07, 6.45) is 4.17. The van der Waals surface area contributed by atoms with Crippen LogP contribution in [-0.4, -0.2) is 7.05 Å². The number of hydrogen-bond donors (Lipinski definition) is 1. The van der Waals surface area contributed by atoms with Crippen molar-refractivity contribution in [2.45, 2.75) is 52.0 Å². The molecule has 0 spiro atoms. The van der Waals surface area contributed by atoms with E-state index in [-0.39, 0.29) is 0 Å². The second-order valence-electron chi connectivity index (χ2n) is 6.16. The first-order chi connectivity index (χ1) is 8.63. The van der Waals surface area contributed by atoms with E-state index in [1.54, 1.807) is 0 Å². The first kappa shape index (κ1) is 13.6. The van der Waals surface area contributed by atoms with Gasteiger partial charge < -0.3 is 5.32 Å². The molecular formula is C17H27N. The molecule has 0 bridgehead atoms. The molecule has 1 aromatic rings. The van der Waals surface area contributed by atoms with E-state index in [9.17, 15) is 0 Å². The van der Waals surface area contributed by atoms with E-state index in [0.717, 1.165) is 11.8 Å². The minimum absolute atomic E-state index is 0.531. The van der Waals surface area contributed by atoms with Gasteiger partial charge in [0.15, 0.2) is 0 Å². The van der Waals surface area contributed by atoms with Crippen LogP contribution in [-0.2, 0) is 0 Å². The molecule has 0 aliphatic heterocycles. The molecule has 0 heterocycles. The molecule has 1 aliphatic carbocycles. The molecule has 3 unspecified atom stereocenters. The first-order valence-electron chi connectivity index (χ1n) is 7.40. The molecule has 1 aliphatic rings. The van der Waals surface area contributed by atoms with Crippen molar-refractivity contribution in [2.75, 3.05) is 7.05 Å². The van der Waals surface area contributed by atoms with Gasteiger partial charge >= 0.3 is 0 Å². The van der Waals surface area contributed by atoms with Crippen LogP contribution >= 0.6 is 0 Å². The molecule has 18 heavy (non-hydrogen) atoms. The Morgan fingerprint density at radius 1 is 1.06 bits per heavy atom. The molecule has 2 rings (SSSR count). The normalized spacial score (nSPS) is 25.6. The third-order valence-corrected chi connectivity index (χ3v) is 4.63. The molecule has 1 saturated carbocycles. The summed E-state index contributed by atoms with van der Waals surface area (Å²) in [5.74, 6) is 2.28. The van der Waals surface area contributed by atoms with Crippen LogP contribution < -0.4 is 5.32 Å². The summed E-state index contributed by atoms with van der Waals surface area (Å²) in [7, 11) is 2.10. The smallest absolute Gasteiger partial charge is 0.0348 e. The molecule has 0 radical (unpaired) electrons. The SMILES string of the molecule is CNC(c1ccc(C(C)C)cc1)C1CCCC1C. The standard InChI is InChI=1S/C17H27N/c1-12(2)14-8-10-15(11-9-14)17(18-4)16-7-5-6-13(16)3/h8-13,16-18H,5-7H2,1-4H3. The van der Waals surface area contributed by atoms with Crippen LogP contribution in [0.5, 0.6) is 0 Å². The summed E-state index contributed by atoms with van der Waals surface area (Å²) in [5, 5.41) is 3.54. The van der Waals surface area contributed by atoms with Crippen LogP contribution in [0.2, 0.25) is 0 Å². The zero-order chi connectivity index (χ0) is 13.1. The summed E-state index contributed by atoms with van der Waals surface area (Å²) in [4.78, 5) is 0. The van der Waals surface area contributed by atoms with Gasteiger partial charge in [0.2, 0.25) is 0 Å². The lowest BCUT2D eigenvalue weighted by Crippen LogP contribution is -2.26. The van der Waals surface area contributed by atoms with Crippen molar-refractivity contribution in [3.05, 3.63) is 35.4 Å². The van der Waals surface area contributed by atoms with E-state index in [0.29, 0.717) is 12.0 Å². The highest BCUT2D eigenvalue weighted by atomic mass is 14.9. The summed E-state index contributed by atoms with van der Waals surface area (Å²) >= 11 is 0. The Morgan fingerprint density at radius 2 is 1.67 bits per heavy atom. The summed E-state index contributed by atoms with van der Waals surface area (Å²) < 4.78 is 0. The number of rotatable bonds is 4. The van der Waals surface area contributed by atoms with Gasteiger partial charge in [-0.25, -0.2) is 0 Å². The van der Waals surface area contributed by atoms with Gasteiger partial charge in [-0.05, 0) is 42.3 Å². The van der Waals surface area contributed by atoms with Crippen LogP contribution in [0.3, 0.4) is 0 Å². The van der Waals surface area contributed by atoms with Gasteiger partial charge in [0.25, 0.3) is 0 Å². The average molecular weight is 245 g/mol. The quantitative estimate of drug-likeness (QED) is 0.823. The van der Waals surface area contributed by atoms with Crippen LogP contribution in [0.15, 0.2) is 24.3 Å². The lowest BCUT2D eigenvalue weighted by atomic mass is 9.85. The fourth-order valence-corrected chi connectivity index (χ4v) is 3.39. The fraction of sp³-hybridized carbons (Fsp3) is 0.647. The minimum Gasteiger partial charge on any atom is -0.313 e. The van der Waals surface area contributed by atoms with Crippen molar-refractivity contribution >= 4 is 0 Å². The van der Waals surface area contributed by atoms with Gasteiger partial charge in [-0.15, -0.1) is 0 Å². The van der Waals surface area contributed by atoms with Crippen LogP contribution in [0.25, 0.3) is 0 Å². The molecule has 0 aromatic heterocycles. The maximum atomic E-state index is 3.54. The van der Waals surface area contributed by atoms with E-state index in [2.05, 4.69) is 57.4 Å². The fourth-order valence-electron chi connectivity index (χ4n) is 3.39. The monoisotopic (exact) mass is 245 g/mol. The highest BCUT2D eigenvalue weighted by Crippen LogP contribution is 2.40. The molecule has 1 heteroatoms. The highest BCUT2D eigenvalue weighted by Gasteiger charge is 2.30. The Hall–Kier alpha value is -0.820. The second-order valence-corrected chi connectivity index (χ2v) is 6.16. The largest absolute Gasteiger partial charge is 0.313 e. The first-order valence-corrected chi connectivity index (χ1v) is 7.40. The van der Waals surface area contributed by atoms with Crippen molar-refractivity contribution < 1.29 is 0 Å². The Labute approximate surface area is 112 Å². The van der Waals surface area contributed by atoms with E-state index in [1.807, 2.05) is 0 Å². The summed E-state index contributed by atoms with van der Waals surface area (Å²) in [6.45, 7) is 6.91. The molecule has 100 valence electrons. The van der Waals surface area contributed by atoms with Gasteiger partial charge in [0.1, 0.15) is 0 Å². The minimum atomic E-state index is 0.531. The van der Waals surface area contributed by atoms with E-state index in [4.69, 9.17) is 0 Å². The van der Waals surface area contributed by atoms with Gasteiger partial charge in [0.05, 0.1) is 0 Å². The maximum absolute atomic E-state index is 3.54. The zero-order valence-electron chi connectivity index (χ0n) is 12.2. The molecule has 1 aromatic carbocycles. The lowest BCUT2D eigenvalue weighted by molar-refractivity contribution is 0.315.